The average Bonchev–Trinajstić information content (AvgIpc) is 3.48. The number of halogens is 2. The fourth-order valence-corrected chi connectivity index (χ4v) is 4.98. The molecule has 1 aromatic carbocycles. The number of nitrogens with zero attached hydrogens (tertiary/aromatic N) is 4. The molecule has 3 aromatic heterocycles. The van der Waals surface area contributed by atoms with Gasteiger partial charge >= 0.3 is 0 Å². The van der Waals surface area contributed by atoms with Crippen molar-refractivity contribution in [3.05, 3.63) is 41.6 Å². The SMILES string of the molecule is CC(=O)C(F)Oc1cccc2cc(-c3nc4nc5c(cc4[nH]3)C(=O)N(CCCF)CC5)n(CC3CC3)c12. The lowest BCUT2D eigenvalue weighted by Gasteiger charge is -2.27. The molecule has 0 radical (unpaired) electrons. The maximum atomic E-state index is 14.2. The first kappa shape index (κ1) is 23.6. The van der Waals surface area contributed by atoms with Crippen molar-refractivity contribution in [1.29, 1.82) is 0 Å². The Morgan fingerprint density at radius 1 is 1.27 bits per heavy atom. The summed E-state index contributed by atoms with van der Waals surface area (Å²) in [5, 5.41) is 0.843. The molecule has 37 heavy (non-hydrogen) atoms. The third-order valence-corrected chi connectivity index (χ3v) is 7.06. The Morgan fingerprint density at radius 3 is 2.86 bits per heavy atom. The number of benzene rings is 1. The van der Waals surface area contributed by atoms with Crippen molar-refractivity contribution in [2.45, 2.75) is 45.5 Å². The van der Waals surface area contributed by atoms with E-state index in [0.29, 0.717) is 77.9 Å². The van der Waals surface area contributed by atoms with Gasteiger partial charge in [-0.05, 0) is 43.4 Å². The molecule has 8 nitrogen and oxygen atoms in total. The molecule has 4 aromatic rings. The number of para-hydroxylation sites is 1. The largest absolute Gasteiger partial charge is 0.451 e. The number of rotatable bonds is 9. The molecule has 2 aliphatic rings. The van der Waals surface area contributed by atoms with E-state index >= 15 is 0 Å². The maximum Gasteiger partial charge on any atom is 0.296 e. The van der Waals surface area contributed by atoms with Crippen molar-refractivity contribution in [2.75, 3.05) is 19.8 Å². The molecule has 1 aliphatic heterocycles. The van der Waals surface area contributed by atoms with Gasteiger partial charge in [0.25, 0.3) is 12.3 Å². The van der Waals surface area contributed by atoms with Crippen molar-refractivity contribution in [3.63, 3.8) is 0 Å². The Hall–Kier alpha value is -3.82. The number of H-pyrrole nitrogens is 1. The van der Waals surface area contributed by atoms with Crippen LogP contribution in [-0.4, -0.2) is 62.2 Å². The Bertz CT molecular complexity index is 1520. The van der Waals surface area contributed by atoms with E-state index in [1.54, 1.807) is 23.1 Å². The number of amides is 1. The van der Waals surface area contributed by atoms with Gasteiger partial charge in [-0.3, -0.25) is 14.0 Å². The molecule has 10 heteroatoms. The predicted octanol–water partition coefficient (Wildman–Crippen LogP) is 4.61. The first-order valence-electron chi connectivity index (χ1n) is 12.6. The molecule has 1 atom stereocenters. The van der Waals surface area contributed by atoms with Gasteiger partial charge in [0.1, 0.15) is 5.75 Å². The fourth-order valence-electron chi connectivity index (χ4n) is 4.98. The van der Waals surface area contributed by atoms with E-state index < -0.39 is 18.8 Å². The first-order valence-corrected chi connectivity index (χ1v) is 12.6. The molecule has 1 saturated carbocycles. The molecule has 6 rings (SSSR count). The minimum atomic E-state index is -2.04. The van der Waals surface area contributed by atoms with E-state index in [9.17, 15) is 18.4 Å². The number of nitrogens with one attached hydrogen (secondary N) is 1. The number of ether oxygens (including phenoxy) is 1. The molecule has 192 valence electrons. The van der Waals surface area contributed by atoms with Crippen LogP contribution in [0.2, 0.25) is 0 Å². The Balaban J connectivity index is 1.43. The van der Waals surface area contributed by atoms with Gasteiger partial charge < -0.3 is 19.2 Å². The molecule has 1 fully saturated rings. The standard InChI is InChI=1S/C27H27F2N5O3/c1-15(35)24(29)37-22-5-2-4-17-12-21(34(23(17)22)14-16-6-7-16)26-31-20-13-18-19(30-25(20)32-26)8-11-33(27(18)36)10-3-9-28/h2,4-5,12-13,16,24H,3,6-11,14H2,1H3,(H,30,31,32). The van der Waals surface area contributed by atoms with E-state index in [1.807, 2.05) is 12.1 Å². The molecule has 0 spiro atoms. The van der Waals surface area contributed by atoms with Gasteiger partial charge in [0.15, 0.2) is 11.5 Å². The quantitative estimate of drug-likeness (QED) is 0.357. The van der Waals surface area contributed by atoms with Crippen molar-refractivity contribution >= 4 is 33.8 Å². The van der Waals surface area contributed by atoms with Crippen LogP contribution in [0.5, 0.6) is 5.75 Å². The smallest absolute Gasteiger partial charge is 0.296 e. The number of hydrogen-bond donors (Lipinski definition) is 1. The van der Waals surface area contributed by atoms with E-state index in [4.69, 9.17) is 9.72 Å². The van der Waals surface area contributed by atoms with Crippen molar-refractivity contribution < 1.29 is 23.1 Å². The molecule has 0 bridgehead atoms. The lowest BCUT2D eigenvalue weighted by Crippen LogP contribution is -2.38. The number of imidazole rings is 1. The maximum absolute atomic E-state index is 14.2. The highest BCUT2D eigenvalue weighted by molar-refractivity contribution is 5.99. The van der Waals surface area contributed by atoms with Crippen LogP contribution in [0.1, 0.15) is 42.2 Å². The number of carbonyl (C=O) groups is 2. The van der Waals surface area contributed by atoms with E-state index in [1.165, 1.54) is 0 Å². The van der Waals surface area contributed by atoms with Gasteiger partial charge in [0.05, 0.1) is 34.7 Å². The van der Waals surface area contributed by atoms with Gasteiger partial charge in [0.2, 0.25) is 5.78 Å². The van der Waals surface area contributed by atoms with Crippen LogP contribution in [0.15, 0.2) is 30.3 Å². The van der Waals surface area contributed by atoms with Gasteiger partial charge in [-0.2, -0.15) is 4.39 Å². The molecule has 0 saturated heterocycles. The first-order chi connectivity index (χ1) is 17.9. The molecule has 1 unspecified atom stereocenters. The topological polar surface area (TPSA) is 93.1 Å². The molecule has 1 N–H and O–H groups in total. The van der Waals surface area contributed by atoms with Crippen LogP contribution in [0.3, 0.4) is 0 Å². The number of Topliss-reactive ketones (excluding diaryl/α,β-unsaturated/α-hetero) is 1. The summed E-state index contributed by atoms with van der Waals surface area (Å²) >= 11 is 0. The number of alkyl halides is 2. The third kappa shape index (κ3) is 4.34. The second kappa shape index (κ2) is 9.24. The number of pyridine rings is 1. The second-order valence-corrected chi connectivity index (χ2v) is 9.85. The summed E-state index contributed by atoms with van der Waals surface area (Å²) < 4.78 is 34.4. The number of ketones is 1. The number of aromatic nitrogens is 4. The molecule has 4 heterocycles. The summed E-state index contributed by atoms with van der Waals surface area (Å²) in [7, 11) is 0. The fraction of sp³-hybridized carbons (Fsp3) is 0.407. The average molecular weight is 508 g/mol. The Morgan fingerprint density at radius 2 is 2.11 bits per heavy atom. The van der Waals surface area contributed by atoms with Crippen LogP contribution < -0.4 is 4.74 Å². The number of carbonyl (C=O) groups excluding carboxylic acids is 2. The summed E-state index contributed by atoms with van der Waals surface area (Å²) in [5.74, 6) is 0.548. The van der Waals surface area contributed by atoms with E-state index in [2.05, 4.69) is 14.5 Å². The third-order valence-electron chi connectivity index (χ3n) is 7.06. The highest BCUT2D eigenvalue weighted by atomic mass is 19.1. The highest BCUT2D eigenvalue weighted by Gasteiger charge is 2.29. The Kier molecular flexibility index (Phi) is 5.89. The lowest BCUT2D eigenvalue weighted by atomic mass is 10.0. The van der Waals surface area contributed by atoms with Gasteiger partial charge in [-0.25, -0.2) is 9.97 Å². The summed E-state index contributed by atoms with van der Waals surface area (Å²) in [4.78, 5) is 38.9. The molecular weight excluding hydrogens is 480 g/mol. The van der Waals surface area contributed by atoms with Crippen LogP contribution in [-0.2, 0) is 17.8 Å². The summed E-state index contributed by atoms with van der Waals surface area (Å²) in [6.45, 7) is 2.30. The van der Waals surface area contributed by atoms with Crippen LogP contribution in [0, 0.1) is 5.92 Å². The minimum absolute atomic E-state index is 0.142. The summed E-state index contributed by atoms with van der Waals surface area (Å²) in [6.07, 6.45) is 1.09. The normalized spacial score (nSPS) is 16.4. The molecule has 1 aliphatic carbocycles. The number of aromatic amines is 1. The predicted molar refractivity (Wildman–Crippen MR) is 134 cm³/mol. The Labute approximate surface area is 211 Å². The van der Waals surface area contributed by atoms with E-state index in [0.717, 1.165) is 30.8 Å². The van der Waals surface area contributed by atoms with Gasteiger partial charge in [0, 0.05) is 38.4 Å². The minimum Gasteiger partial charge on any atom is -0.451 e. The number of hydrogen-bond acceptors (Lipinski definition) is 5. The monoisotopic (exact) mass is 507 g/mol. The molecule has 1 amide bonds. The zero-order valence-electron chi connectivity index (χ0n) is 20.5. The molecular formula is C27H27F2N5O3. The zero-order chi connectivity index (χ0) is 25.7. The summed E-state index contributed by atoms with van der Waals surface area (Å²) in [6, 6.07) is 9.10. The highest BCUT2D eigenvalue weighted by Crippen LogP contribution is 2.39. The van der Waals surface area contributed by atoms with Crippen molar-refractivity contribution in [3.8, 4) is 17.3 Å². The van der Waals surface area contributed by atoms with Crippen molar-refractivity contribution in [2.24, 2.45) is 5.92 Å². The number of fused-ring (bicyclic) bond motifs is 3. The van der Waals surface area contributed by atoms with Crippen LogP contribution in [0.25, 0.3) is 33.6 Å². The summed E-state index contributed by atoms with van der Waals surface area (Å²) in [5.41, 5.74) is 3.86. The van der Waals surface area contributed by atoms with Crippen LogP contribution in [0.4, 0.5) is 8.78 Å². The van der Waals surface area contributed by atoms with Crippen LogP contribution >= 0.6 is 0 Å². The second-order valence-electron chi connectivity index (χ2n) is 9.85. The van der Waals surface area contributed by atoms with E-state index in [-0.39, 0.29) is 5.91 Å². The van der Waals surface area contributed by atoms with Gasteiger partial charge in [-0.15, -0.1) is 0 Å². The zero-order valence-corrected chi connectivity index (χ0v) is 20.5. The van der Waals surface area contributed by atoms with Gasteiger partial charge in [-0.1, -0.05) is 12.1 Å². The lowest BCUT2D eigenvalue weighted by molar-refractivity contribution is -0.130. The van der Waals surface area contributed by atoms with Crippen molar-refractivity contribution in [1.82, 2.24) is 24.4 Å².